The molecule has 0 bridgehead atoms. The van der Waals surface area contributed by atoms with Gasteiger partial charge in [0.05, 0.1) is 6.04 Å². The zero-order valence-electron chi connectivity index (χ0n) is 15.5. The Morgan fingerprint density at radius 1 is 1.11 bits per heavy atom. The predicted molar refractivity (Wildman–Crippen MR) is 107 cm³/mol. The average Bonchev–Trinajstić information content (AvgIpc) is 3.06. The number of benzene rings is 2. The van der Waals surface area contributed by atoms with E-state index in [4.69, 9.17) is 17.0 Å². The van der Waals surface area contributed by atoms with Gasteiger partial charge in [0.15, 0.2) is 16.3 Å². The van der Waals surface area contributed by atoms with Gasteiger partial charge < -0.3 is 14.3 Å². The van der Waals surface area contributed by atoms with Crippen molar-refractivity contribution in [3.8, 4) is 5.75 Å². The molecule has 2 aromatic carbocycles. The maximum Gasteiger partial charge on any atom is 0.177 e. The van der Waals surface area contributed by atoms with Gasteiger partial charge in [0.25, 0.3) is 0 Å². The maximum absolute atomic E-state index is 13.9. The van der Waals surface area contributed by atoms with Gasteiger partial charge in [-0.3, -0.25) is 0 Å². The summed E-state index contributed by atoms with van der Waals surface area (Å²) in [7, 11) is 0. The first-order valence-electron chi connectivity index (χ1n) is 9.55. The maximum atomic E-state index is 13.9. The van der Waals surface area contributed by atoms with E-state index < -0.39 is 11.6 Å². The zero-order chi connectivity index (χ0) is 19.5. The van der Waals surface area contributed by atoms with E-state index in [1.165, 1.54) is 11.6 Å². The molecule has 0 saturated heterocycles. The van der Waals surface area contributed by atoms with E-state index in [-0.39, 0.29) is 11.8 Å². The molecule has 0 unspecified atom stereocenters. The van der Waals surface area contributed by atoms with Crippen molar-refractivity contribution in [3.63, 3.8) is 0 Å². The summed E-state index contributed by atoms with van der Waals surface area (Å²) in [4.78, 5) is 3.11. The Balaban J connectivity index is 1.44. The minimum absolute atomic E-state index is 0.0726. The third-order valence-corrected chi connectivity index (χ3v) is 5.52. The number of hydrogen-bond donors (Lipinski definition) is 1. The van der Waals surface area contributed by atoms with Crippen molar-refractivity contribution < 1.29 is 13.5 Å². The second-order valence-corrected chi connectivity index (χ2v) is 7.58. The number of rotatable bonds is 6. The highest BCUT2D eigenvalue weighted by Gasteiger charge is 2.26. The smallest absolute Gasteiger partial charge is 0.177 e. The molecule has 3 nitrogen and oxygen atoms in total. The number of hydrogen-bond acceptors (Lipinski definition) is 2. The Labute approximate surface area is 168 Å². The number of imidazole rings is 1. The number of aromatic amines is 1. The molecule has 2 heterocycles. The van der Waals surface area contributed by atoms with E-state index in [2.05, 4.69) is 29.2 Å². The topological polar surface area (TPSA) is 29.9 Å². The quantitative estimate of drug-likeness (QED) is 0.433. The predicted octanol–water partition coefficient (Wildman–Crippen LogP) is 5.57. The number of nitrogens with zero attached hydrogens (tertiary/aromatic N) is 1. The number of H-pyrrole nitrogens is 1. The largest absolute Gasteiger partial charge is 0.488 e. The molecule has 0 spiro atoms. The fraction of sp³-hybridized carbons (Fsp3) is 0.318. The molecular weight excluding hydrogens is 378 g/mol. The normalized spacial score (nSPS) is 15.9. The first kappa shape index (κ1) is 18.9. The van der Waals surface area contributed by atoms with E-state index in [0.717, 1.165) is 37.4 Å². The van der Waals surface area contributed by atoms with Crippen LogP contribution in [0, 0.1) is 16.4 Å². The number of halogens is 2. The highest BCUT2D eigenvalue weighted by molar-refractivity contribution is 7.71. The van der Waals surface area contributed by atoms with Crippen molar-refractivity contribution in [3.05, 3.63) is 81.9 Å². The van der Waals surface area contributed by atoms with Crippen molar-refractivity contribution in [2.75, 3.05) is 6.61 Å². The Hall–Kier alpha value is -2.47. The fourth-order valence-electron chi connectivity index (χ4n) is 3.87. The number of fused-ring (bicyclic) bond motifs is 1. The number of aryl methyl sites for hydroxylation is 2. The Bertz CT molecular complexity index is 1010. The van der Waals surface area contributed by atoms with Crippen LogP contribution < -0.4 is 4.74 Å². The summed E-state index contributed by atoms with van der Waals surface area (Å²) in [5.41, 5.74) is 2.99. The van der Waals surface area contributed by atoms with Crippen molar-refractivity contribution in [2.24, 2.45) is 0 Å². The van der Waals surface area contributed by atoms with E-state index in [1.807, 2.05) is 16.8 Å². The fourth-order valence-corrected chi connectivity index (χ4v) is 4.20. The second-order valence-electron chi connectivity index (χ2n) is 7.19. The summed E-state index contributed by atoms with van der Waals surface area (Å²) >= 11 is 5.46. The van der Waals surface area contributed by atoms with Gasteiger partial charge in [0, 0.05) is 29.9 Å². The molecule has 0 amide bonds. The number of ether oxygens (including phenoxy) is 1. The Morgan fingerprint density at radius 2 is 1.89 bits per heavy atom. The molecule has 0 fully saturated rings. The lowest BCUT2D eigenvalue weighted by Gasteiger charge is -2.28. The molecule has 0 radical (unpaired) electrons. The molecule has 1 aliphatic heterocycles. The zero-order valence-corrected chi connectivity index (χ0v) is 16.3. The number of nitrogens with one attached hydrogen (secondary N) is 1. The molecule has 4 rings (SSSR count). The minimum Gasteiger partial charge on any atom is -0.488 e. The van der Waals surface area contributed by atoms with Gasteiger partial charge in [-0.05, 0) is 49.5 Å². The lowest BCUT2D eigenvalue weighted by Crippen LogP contribution is -2.26. The Morgan fingerprint density at radius 3 is 2.71 bits per heavy atom. The molecule has 1 atom stereocenters. The van der Waals surface area contributed by atoms with Gasteiger partial charge in [0.1, 0.15) is 12.4 Å². The molecule has 28 heavy (non-hydrogen) atoms. The first-order valence-corrected chi connectivity index (χ1v) is 9.96. The van der Waals surface area contributed by atoms with Gasteiger partial charge in [-0.15, -0.1) is 0 Å². The summed E-state index contributed by atoms with van der Waals surface area (Å²) in [6.07, 6.45) is 6.49. The van der Waals surface area contributed by atoms with Crippen LogP contribution in [0.1, 0.15) is 35.7 Å². The number of unbranched alkanes of at least 4 members (excludes halogenated alkanes) is 1. The standard InChI is InChI=1S/C22H22F2N2OS/c23-17-10-16-11-19(14-27-21(16)20(24)12-17)26-18(13-25-22(26)28)9-5-4-8-15-6-2-1-3-7-15/h1-3,6-7,10,12-13,19H,4-5,8-9,11,14H2,(H,25,28)/t19-/m1/s1. The molecule has 0 saturated carbocycles. The van der Waals surface area contributed by atoms with Gasteiger partial charge in [0.2, 0.25) is 0 Å². The third-order valence-electron chi connectivity index (χ3n) is 5.21. The van der Waals surface area contributed by atoms with Crippen LogP contribution in [-0.2, 0) is 19.3 Å². The average molecular weight is 400 g/mol. The molecule has 3 aromatic rings. The van der Waals surface area contributed by atoms with E-state index in [0.29, 0.717) is 23.4 Å². The number of aromatic nitrogens is 2. The van der Waals surface area contributed by atoms with Gasteiger partial charge in [-0.25, -0.2) is 8.78 Å². The second kappa shape index (κ2) is 8.27. The van der Waals surface area contributed by atoms with E-state index >= 15 is 0 Å². The highest BCUT2D eigenvalue weighted by Crippen LogP contribution is 2.33. The van der Waals surface area contributed by atoms with Crippen molar-refractivity contribution in [1.82, 2.24) is 9.55 Å². The van der Waals surface area contributed by atoms with Gasteiger partial charge >= 0.3 is 0 Å². The molecule has 6 heteroatoms. The lowest BCUT2D eigenvalue weighted by molar-refractivity contribution is 0.210. The first-order chi connectivity index (χ1) is 13.6. The van der Waals surface area contributed by atoms with Crippen LogP contribution >= 0.6 is 12.2 Å². The molecule has 0 aliphatic carbocycles. The van der Waals surface area contributed by atoms with E-state index in [1.54, 1.807) is 0 Å². The highest BCUT2D eigenvalue weighted by atomic mass is 32.1. The van der Waals surface area contributed by atoms with Crippen LogP contribution in [0.25, 0.3) is 0 Å². The SMILES string of the molecule is Fc1cc(F)c2c(c1)C[C@@H](n1c(CCCCc3ccccc3)c[nH]c1=S)CO2. The monoisotopic (exact) mass is 400 g/mol. The third kappa shape index (κ3) is 4.02. The molecule has 1 N–H and O–H groups in total. The van der Waals surface area contributed by atoms with Crippen molar-refractivity contribution >= 4 is 12.2 Å². The summed E-state index contributed by atoms with van der Waals surface area (Å²) < 4.78 is 35.8. The van der Waals surface area contributed by atoms with Gasteiger partial charge in [-0.1, -0.05) is 30.3 Å². The molecular formula is C22H22F2N2OS. The summed E-state index contributed by atoms with van der Waals surface area (Å²) in [6.45, 7) is 0.318. The van der Waals surface area contributed by atoms with E-state index in [9.17, 15) is 8.78 Å². The molecule has 1 aromatic heterocycles. The molecule has 1 aliphatic rings. The summed E-state index contributed by atoms with van der Waals surface area (Å²) in [6, 6.07) is 12.6. The summed E-state index contributed by atoms with van der Waals surface area (Å²) in [5, 5.41) is 0. The van der Waals surface area contributed by atoms with Crippen LogP contribution in [-0.4, -0.2) is 16.2 Å². The van der Waals surface area contributed by atoms with Crippen LogP contribution in [0.4, 0.5) is 8.78 Å². The van der Waals surface area contributed by atoms with Crippen LogP contribution in [0.3, 0.4) is 0 Å². The summed E-state index contributed by atoms with van der Waals surface area (Å²) in [5.74, 6) is -1.07. The van der Waals surface area contributed by atoms with Crippen molar-refractivity contribution in [2.45, 2.75) is 38.1 Å². The van der Waals surface area contributed by atoms with Gasteiger partial charge in [-0.2, -0.15) is 0 Å². The van der Waals surface area contributed by atoms with Crippen LogP contribution in [0.5, 0.6) is 5.75 Å². The Kier molecular flexibility index (Phi) is 5.57. The lowest BCUT2D eigenvalue weighted by atomic mass is 10.0. The van der Waals surface area contributed by atoms with Crippen LogP contribution in [0.15, 0.2) is 48.7 Å². The minimum atomic E-state index is -0.646. The van der Waals surface area contributed by atoms with Crippen LogP contribution in [0.2, 0.25) is 0 Å². The van der Waals surface area contributed by atoms with Crippen molar-refractivity contribution in [1.29, 1.82) is 0 Å². The molecule has 146 valence electrons.